The third kappa shape index (κ3) is 5.33. The molecule has 1 aromatic heterocycles. The lowest BCUT2D eigenvalue weighted by molar-refractivity contribution is -0.113. The first kappa shape index (κ1) is 22.6. The van der Waals surface area contributed by atoms with Crippen LogP contribution in [0.25, 0.3) is 11.4 Å². The Kier molecular flexibility index (Phi) is 7.74. The van der Waals surface area contributed by atoms with Gasteiger partial charge >= 0.3 is 0 Å². The molecule has 0 atom stereocenters. The van der Waals surface area contributed by atoms with Crippen LogP contribution in [0.3, 0.4) is 0 Å². The van der Waals surface area contributed by atoms with Gasteiger partial charge in [0.05, 0.1) is 18.6 Å². The molecule has 0 saturated carbocycles. The highest BCUT2D eigenvalue weighted by Crippen LogP contribution is 2.33. The molecule has 0 unspecified atom stereocenters. The summed E-state index contributed by atoms with van der Waals surface area (Å²) in [5.74, 6) is 1.55. The first-order chi connectivity index (χ1) is 14.4. The second kappa shape index (κ2) is 10.3. The molecular formula is C21H20Br2N4O2S. The van der Waals surface area contributed by atoms with Crippen LogP contribution >= 0.6 is 43.6 Å². The number of anilines is 1. The monoisotopic (exact) mass is 550 g/mol. The van der Waals surface area contributed by atoms with Crippen molar-refractivity contribution < 1.29 is 9.53 Å². The van der Waals surface area contributed by atoms with Crippen LogP contribution in [-0.4, -0.2) is 33.5 Å². The predicted octanol–water partition coefficient (Wildman–Crippen LogP) is 5.70. The van der Waals surface area contributed by atoms with Crippen molar-refractivity contribution in [3.05, 3.63) is 63.6 Å². The van der Waals surface area contributed by atoms with Crippen molar-refractivity contribution in [3.8, 4) is 17.1 Å². The Balaban J connectivity index is 1.74. The zero-order chi connectivity index (χ0) is 21.7. The number of aromatic nitrogens is 3. The number of nitrogens with one attached hydrogen (secondary N) is 1. The van der Waals surface area contributed by atoms with Gasteiger partial charge < -0.3 is 10.1 Å². The fourth-order valence-electron chi connectivity index (χ4n) is 2.77. The molecule has 156 valence electrons. The number of thioether (sulfide) groups is 1. The third-order valence-corrected chi connectivity index (χ3v) is 6.38. The molecule has 1 heterocycles. The van der Waals surface area contributed by atoms with Gasteiger partial charge in [-0.15, -0.1) is 16.8 Å². The van der Waals surface area contributed by atoms with Gasteiger partial charge in [-0.3, -0.25) is 9.36 Å². The van der Waals surface area contributed by atoms with Gasteiger partial charge in [-0.1, -0.05) is 17.8 Å². The van der Waals surface area contributed by atoms with Crippen molar-refractivity contribution in [3.63, 3.8) is 0 Å². The van der Waals surface area contributed by atoms with Gasteiger partial charge in [0.2, 0.25) is 5.91 Å². The number of ether oxygens (including phenoxy) is 1. The van der Waals surface area contributed by atoms with Crippen molar-refractivity contribution in [2.75, 3.05) is 18.2 Å². The minimum atomic E-state index is -0.135. The van der Waals surface area contributed by atoms with E-state index in [4.69, 9.17) is 4.74 Å². The molecule has 0 bridgehead atoms. The van der Waals surface area contributed by atoms with Gasteiger partial charge in [-0.2, -0.15) is 0 Å². The highest BCUT2D eigenvalue weighted by molar-refractivity contribution is 9.11. The summed E-state index contributed by atoms with van der Waals surface area (Å²) >= 11 is 8.32. The molecule has 0 spiro atoms. The maximum absolute atomic E-state index is 12.5. The fraction of sp³-hybridized carbons (Fsp3) is 0.190. The topological polar surface area (TPSA) is 69.0 Å². The number of carbonyl (C=O) groups excluding carboxylic acids is 1. The Bertz CT molecular complexity index is 1040. The van der Waals surface area contributed by atoms with Crippen LogP contribution in [0.2, 0.25) is 0 Å². The van der Waals surface area contributed by atoms with E-state index in [-0.39, 0.29) is 11.7 Å². The maximum Gasteiger partial charge on any atom is 0.234 e. The number of carbonyl (C=O) groups is 1. The van der Waals surface area contributed by atoms with E-state index in [1.807, 2.05) is 47.9 Å². The highest BCUT2D eigenvalue weighted by Gasteiger charge is 2.16. The fourth-order valence-corrected chi connectivity index (χ4v) is 5.13. The summed E-state index contributed by atoms with van der Waals surface area (Å²) in [6.07, 6.45) is 1.78. The zero-order valence-electron chi connectivity index (χ0n) is 16.5. The number of halogens is 2. The van der Waals surface area contributed by atoms with Crippen molar-refractivity contribution in [2.45, 2.75) is 18.6 Å². The van der Waals surface area contributed by atoms with Gasteiger partial charge in [0.15, 0.2) is 11.0 Å². The van der Waals surface area contributed by atoms with Crippen LogP contribution in [0, 0.1) is 6.92 Å². The Morgan fingerprint density at radius 2 is 1.90 bits per heavy atom. The predicted molar refractivity (Wildman–Crippen MR) is 128 cm³/mol. The van der Waals surface area contributed by atoms with E-state index in [1.54, 1.807) is 13.2 Å². The molecule has 9 heteroatoms. The zero-order valence-corrected chi connectivity index (χ0v) is 20.5. The number of methoxy groups -OCH3 is 1. The minimum Gasteiger partial charge on any atom is -0.497 e. The van der Waals surface area contributed by atoms with Crippen molar-refractivity contribution in [2.24, 2.45) is 0 Å². The lowest BCUT2D eigenvalue weighted by Crippen LogP contribution is -2.15. The lowest BCUT2D eigenvalue weighted by Gasteiger charge is -2.11. The molecule has 0 saturated heterocycles. The van der Waals surface area contributed by atoms with Gasteiger partial charge in [0.25, 0.3) is 0 Å². The largest absolute Gasteiger partial charge is 0.497 e. The number of hydrogen-bond donors (Lipinski definition) is 1. The van der Waals surface area contributed by atoms with Gasteiger partial charge in [0, 0.05) is 21.1 Å². The van der Waals surface area contributed by atoms with E-state index >= 15 is 0 Å². The molecular weight excluding hydrogens is 532 g/mol. The summed E-state index contributed by atoms with van der Waals surface area (Å²) < 4.78 is 8.79. The quantitative estimate of drug-likeness (QED) is 0.287. The second-order valence-electron chi connectivity index (χ2n) is 6.37. The maximum atomic E-state index is 12.5. The van der Waals surface area contributed by atoms with E-state index in [9.17, 15) is 4.79 Å². The normalized spacial score (nSPS) is 10.7. The summed E-state index contributed by atoms with van der Waals surface area (Å²) in [5, 5.41) is 12.2. The summed E-state index contributed by atoms with van der Waals surface area (Å²) in [7, 11) is 1.63. The van der Waals surface area contributed by atoms with E-state index < -0.39 is 0 Å². The average molecular weight is 552 g/mol. The van der Waals surface area contributed by atoms with Crippen LogP contribution in [0.1, 0.15) is 5.56 Å². The summed E-state index contributed by atoms with van der Waals surface area (Å²) in [6, 6.07) is 11.5. The second-order valence-corrected chi connectivity index (χ2v) is 9.03. The van der Waals surface area contributed by atoms with E-state index in [2.05, 4.69) is 54.0 Å². The number of rotatable bonds is 8. The molecule has 3 aromatic rings. The molecule has 6 nitrogen and oxygen atoms in total. The lowest BCUT2D eigenvalue weighted by atomic mass is 10.2. The Morgan fingerprint density at radius 3 is 2.50 bits per heavy atom. The molecule has 0 radical (unpaired) electrons. The van der Waals surface area contributed by atoms with E-state index in [1.165, 1.54) is 11.8 Å². The summed E-state index contributed by atoms with van der Waals surface area (Å²) in [6.45, 7) is 6.35. The van der Waals surface area contributed by atoms with Gasteiger partial charge in [-0.25, -0.2) is 0 Å². The molecule has 1 N–H and O–H groups in total. The SMILES string of the molecule is C=CCn1c(SCC(=O)Nc2c(Br)cc(C)cc2Br)nnc1-c1ccc(OC)cc1. The number of benzene rings is 2. The van der Waals surface area contributed by atoms with Gasteiger partial charge in [0.1, 0.15) is 5.75 Å². The molecule has 30 heavy (non-hydrogen) atoms. The first-order valence-corrected chi connectivity index (χ1v) is 11.6. The van der Waals surface area contributed by atoms with Crippen molar-refractivity contribution in [1.82, 2.24) is 14.8 Å². The van der Waals surface area contributed by atoms with E-state index in [0.717, 1.165) is 25.8 Å². The van der Waals surface area contributed by atoms with Crippen LogP contribution < -0.4 is 10.1 Å². The molecule has 2 aromatic carbocycles. The van der Waals surface area contributed by atoms with E-state index in [0.29, 0.717) is 23.2 Å². The van der Waals surface area contributed by atoms with Crippen LogP contribution in [-0.2, 0) is 11.3 Å². The molecule has 1 amide bonds. The molecule has 0 aliphatic heterocycles. The number of hydrogen-bond acceptors (Lipinski definition) is 5. The average Bonchev–Trinajstić information content (AvgIpc) is 3.12. The Morgan fingerprint density at radius 1 is 1.23 bits per heavy atom. The Labute approximate surface area is 196 Å². The molecule has 0 fully saturated rings. The van der Waals surface area contributed by atoms with Crippen LogP contribution in [0.15, 0.2) is 63.2 Å². The first-order valence-electron chi connectivity index (χ1n) is 8.99. The van der Waals surface area contributed by atoms with Crippen molar-refractivity contribution in [1.29, 1.82) is 0 Å². The number of allylic oxidation sites excluding steroid dienone is 1. The highest BCUT2D eigenvalue weighted by atomic mass is 79.9. The molecule has 0 aliphatic rings. The van der Waals surface area contributed by atoms with Gasteiger partial charge in [-0.05, 0) is 80.7 Å². The molecule has 0 aliphatic carbocycles. The van der Waals surface area contributed by atoms with Crippen LogP contribution in [0.4, 0.5) is 5.69 Å². The van der Waals surface area contributed by atoms with Crippen molar-refractivity contribution >= 4 is 55.2 Å². The number of amides is 1. The smallest absolute Gasteiger partial charge is 0.234 e. The Hall–Kier alpha value is -2.10. The number of aryl methyl sites for hydroxylation is 1. The third-order valence-electron chi connectivity index (χ3n) is 4.16. The summed E-state index contributed by atoms with van der Waals surface area (Å²) in [4.78, 5) is 12.5. The summed E-state index contributed by atoms with van der Waals surface area (Å²) in [5.41, 5.74) is 2.70. The minimum absolute atomic E-state index is 0.135. The van der Waals surface area contributed by atoms with Crippen LogP contribution in [0.5, 0.6) is 5.75 Å². The standard InChI is InChI=1S/C21H20Br2N4O2S/c1-4-9-27-20(14-5-7-15(29-3)8-6-14)25-26-21(27)30-12-18(28)24-19-16(22)10-13(2)11-17(19)23/h4-8,10-11H,1,9,12H2,2-3H3,(H,24,28). The number of nitrogens with zero attached hydrogens (tertiary/aromatic N) is 3. The molecule has 3 rings (SSSR count).